The van der Waals surface area contributed by atoms with E-state index in [1.165, 1.54) is 6.07 Å². The van der Waals surface area contributed by atoms with Gasteiger partial charge in [-0.3, -0.25) is 4.79 Å². The molecule has 1 rings (SSSR count). The van der Waals surface area contributed by atoms with Gasteiger partial charge in [-0.2, -0.15) is 0 Å². The van der Waals surface area contributed by atoms with Gasteiger partial charge in [-0.05, 0) is 24.6 Å². The van der Waals surface area contributed by atoms with Crippen LogP contribution >= 0.6 is 0 Å². The molecular weight excluding hydrogens is 218 g/mol. The monoisotopic (exact) mass is 237 g/mol. The normalized spacial score (nSPS) is 11.3. The number of aromatic hydroxyl groups is 1. The van der Waals surface area contributed by atoms with Crippen molar-refractivity contribution in [3.05, 3.63) is 23.8 Å². The van der Waals surface area contributed by atoms with Crippen LogP contribution in [0.5, 0.6) is 5.75 Å². The SMILES string of the molecule is CCC(C)(C)C(=O)Nc1ccc(O)c(CO)c1. The number of carbonyl (C=O) groups excluding carboxylic acids is 1. The molecule has 0 aliphatic carbocycles. The molecule has 0 fully saturated rings. The van der Waals surface area contributed by atoms with Crippen molar-refractivity contribution in [2.45, 2.75) is 33.8 Å². The highest BCUT2D eigenvalue weighted by atomic mass is 16.3. The van der Waals surface area contributed by atoms with Gasteiger partial charge in [0.25, 0.3) is 0 Å². The Kier molecular flexibility index (Phi) is 4.12. The van der Waals surface area contributed by atoms with Crippen LogP contribution in [0.1, 0.15) is 32.8 Å². The predicted octanol–water partition coefficient (Wildman–Crippen LogP) is 2.26. The minimum atomic E-state index is -0.433. The molecule has 0 saturated heterocycles. The van der Waals surface area contributed by atoms with Gasteiger partial charge in [0.05, 0.1) is 6.61 Å². The Morgan fingerprint density at radius 1 is 1.41 bits per heavy atom. The third-order valence-corrected chi connectivity index (χ3v) is 3.01. The first kappa shape index (κ1) is 13.5. The van der Waals surface area contributed by atoms with E-state index in [0.717, 1.165) is 6.42 Å². The van der Waals surface area contributed by atoms with Crippen molar-refractivity contribution >= 4 is 11.6 Å². The molecule has 1 aromatic carbocycles. The third kappa shape index (κ3) is 3.20. The molecule has 0 unspecified atom stereocenters. The minimum absolute atomic E-state index is 0.0280. The molecule has 0 aliphatic heterocycles. The van der Waals surface area contributed by atoms with Crippen molar-refractivity contribution in [2.75, 3.05) is 5.32 Å². The van der Waals surface area contributed by atoms with Gasteiger partial charge < -0.3 is 15.5 Å². The molecule has 0 heterocycles. The van der Waals surface area contributed by atoms with E-state index in [0.29, 0.717) is 11.3 Å². The van der Waals surface area contributed by atoms with Crippen molar-refractivity contribution in [3.63, 3.8) is 0 Å². The van der Waals surface area contributed by atoms with Gasteiger partial charge in [0.2, 0.25) is 5.91 Å². The average molecular weight is 237 g/mol. The molecule has 0 spiro atoms. The van der Waals surface area contributed by atoms with Gasteiger partial charge in [0, 0.05) is 16.7 Å². The number of rotatable bonds is 4. The maximum atomic E-state index is 11.9. The summed E-state index contributed by atoms with van der Waals surface area (Å²) < 4.78 is 0. The standard InChI is InChI=1S/C13H19NO3/c1-4-13(2,3)12(17)14-10-5-6-11(16)9(7-10)8-15/h5-7,15-16H,4,8H2,1-3H3,(H,14,17). The summed E-state index contributed by atoms with van der Waals surface area (Å²) in [5.74, 6) is -0.0465. The van der Waals surface area contributed by atoms with E-state index in [1.807, 2.05) is 20.8 Å². The number of phenols is 1. The lowest BCUT2D eigenvalue weighted by Crippen LogP contribution is -2.29. The first-order chi connectivity index (χ1) is 7.90. The molecule has 4 heteroatoms. The lowest BCUT2D eigenvalue weighted by Gasteiger charge is -2.21. The first-order valence-electron chi connectivity index (χ1n) is 5.65. The van der Waals surface area contributed by atoms with Crippen LogP contribution in [-0.2, 0) is 11.4 Å². The van der Waals surface area contributed by atoms with Gasteiger partial charge in [-0.25, -0.2) is 0 Å². The highest BCUT2D eigenvalue weighted by Crippen LogP contribution is 2.25. The Labute approximate surface area is 101 Å². The molecule has 0 aromatic heterocycles. The van der Waals surface area contributed by atoms with Gasteiger partial charge in [-0.1, -0.05) is 20.8 Å². The van der Waals surface area contributed by atoms with Crippen molar-refractivity contribution < 1.29 is 15.0 Å². The summed E-state index contributed by atoms with van der Waals surface area (Å²) in [7, 11) is 0. The Morgan fingerprint density at radius 3 is 2.59 bits per heavy atom. The molecule has 1 aromatic rings. The number of hydrogen-bond donors (Lipinski definition) is 3. The molecule has 3 N–H and O–H groups in total. The first-order valence-corrected chi connectivity index (χ1v) is 5.65. The van der Waals surface area contributed by atoms with Crippen molar-refractivity contribution in [1.29, 1.82) is 0 Å². The number of aliphatic hydroxyl groups is 1. The summed E-state index contributed by atoms with van der Waals surface area (Å²) in [6.07, 6.45) is 0.740. The predicted molar refractivity (Wildman–Crippen MR) is 66.7 cm³/mol. The number of benzene rings is 1. The van der Waals surface area contributed by atoms with Crippen LogP contribution in [0.15, 0.2) is 18.2 Å². The Morgan fingerprint density at radius 2 is 2.06 bits per heavy atom. The number of anilines is 1. The fraction of sp³-hybridized carbons (Fsp3) is 0.462. The Bertz CT molecular complexity index is 413. The van der Waals surface area contributed by atoms with E-state index >= 15 is 0 Å². The molecule has 4 nitrogen and oxygen atoms in total. The van der Waals surface area contributed by atoms with Gasteiger partial charge in [-0.15, -0.1) is 0 Å². The molecule has 1 amide bonds. The number of aliphatic hydroxyl groups excluding tert-OH is 1. The fourth-order valence-electron chi connectivity index (χ4n) is 1.25. The van der Waals surface area contributed by atoms with Crippen molar-refractivity contribution in [2.24, 2.45) is 5.41 Å². The van der Waals surface area contributed by atoms with Crippen LogP contribution in [0.2, 0.25) is 0 Å². The fourth-order valence-corrected chi connectivity index (χ4v) is 1.25. The smallest absolute Gasteiger partial charge is 0.230 e. The third-order valence-electron chi connectivity index (χ3n) is 3.01. The van der Waals surface area contributed by atoms with Gasteiger partial charge in [0.15, 0.2) is 0 Å². The van der Waals surface area contributed by atoms with E-state index in [-0.39, 0.29) is 18.3 Å². The number of amides is 1. The number of carbonyl (C=O) groups is 1. The van der Waals surface area contributed by atoms with E-state index in [4.69, 9.17) is 5.11 Å². The summed E-state index contributed by atoms with van der Waals surface area (Å²) in [5.41, 5.74) is 0.549. The van der Waals surface area contributed by atoms with E-state index in [2.05, 4.69) is 5.32 Å². The van der Waals surface area contributed by atoms with Crippen LogP contribution in [0.3, 0.4) is 0 Å². The van der Waals surface area contributed by atoms with Gasteiger partial charge >= 0.3 is 0 Å². The van der Waals surface area contributed by atoms with Crippen molar-refractivity contribution in [1.82, 2.24) is 0 Å². The van der Waals surface area contributed by atoms with Gasteiger partial charge in [0.1, 0.15) is 5.75 Å². The van der Waals surface area contributed by atoms with Crippen molar-refractivity contribution in [3.8, 4) is 5.75 Å². The summed E-state index contributed by atoms with van der Waals surface area (Å²) in [4.78, 5) is 11.9. The second-order valence-electron chi connectivity index (χ2n) is 4.69. The van der Waals surface area contributed by atoms with E-state index in [1.54, 1.807) is 12.1 Å². The summed E-state index contributed by atoms with van der Waals surface area (Å²) in [6.45, 7) is 5.44. The lowest BCUT2D eigenvalue weighted by molar-refractivity contribution is -0.124. The maximum absolute atomic E-state index is 11.9. The van der Waals surface area contributed by atoms with E-state index < -0.39 is 5.41 Å². The molecule has 0 atom stereocenters. The maximum Gasteiger partial charge on any atom is 0.230 e. The molecule has 0 aliphatic rings. The summed E-state index contributed by atoms with van der Waals surface area (Å²) in [5, 5.41) is 21.2. The summed E-state index contributed by atoms with van der Waals surface area (Å²) in [6, 6.07) is 4.64. The highest BCUT2D eigenvalue weighted by Gasteiger charge is 2.25. The molecule has 94 valence electrons. The van der Waals surface area contributed by atoms with Crippen LogP contribution in [0, 0.1) is 5.41 Å². The zero-order valence-electron chi connectivity index (χ0n) is 10.4. The summed E-state index contributed by atoms with van der Waals surface area (Å²) >= 11 is 0. The number of nitrogens with one attached hydrogen (secondary N) is 1. The zero-order valence-corrected chi connectivity index (χ0v) is 10.4. The van der Waals surface area contributed by atoms with Crippen LogP contribution < -0.4 is 5.32 Å². The van der Waals surface area contributed by atoms with E-state index in [9.17, 15) is 9.90 Å². The minimum Gasteiger partial charge on any atom is -0.508 e. The molecule has 0 radical (unpaired) electrons. The number of hydrogen-bond acceptors (Lipinski definition) is 3. The average Bonchev–Trinajstić information content (AvgIpc) is 2.31. The zero-order chi connectivity index (χ0) is 13.1. The second-order valence-corrected chi connectivity index (χ2v) is 4.69. The Hall–Kier alpha value is -1.55. The van der Waals surface area contributed by atoms with Crippen LogP contribution in [0.25, 0.3) is 0 Å². The molecule has 0 bridgehead atoms. The second kappa shape index (κ2) is 5.19. The molecule has 0 saturated carbocycles. The quantitative estimate of drug-likeness (QED) is 0.703. The highest BCUT2D eigenvalue weighted by molar-refractivity contribution is 5.94. The molecular formula is C13H19NO3. The topological polar surface area (TPSA) is 69.6 Å². The molecule has 17 heavy (non-hydrogen) atoms. The Balaban J connectivity index is 2.86. The van der Waals surface area contributed by atoms with Crippen LogP contribution in [0.4, 0.5) is 5.69 Å². The van der Waals surface area contributed by atoms with Crippen LogP contribution in [-0.4, -0.2) is 16.1 Å². The lowest BCUT2D eigenvalue weighted by atomic mass is 9.89. The largest absolute Gasteiger partial charge is 0.508 e.